The Balaban J connectivity index is 1.14. The predicted octanol–water partition coefficient (Wildman–Crippen LogP) is 14.1. The first-order valence-electron chi connectivity index (χ1n) is 21.6. The van der Waals surface area contributed by atoms with E-state index in [4.69, 9.17) is 4.42 Å². The van der Waals surface area contributed by atoms with Crippen LogP contribution in [0.2, 0.25) is 0 Å². The normalized spacial score (nSPS) is 13.2. The molecule has 3 heterocycles. The summed E-state index contributed by atoms with van der Waals surface area (Å²) < 4.78 is 7.23. The Labute approximate surface area is 358 Å². The molecule has 11 aromatic carbocycles. The summed E-state index contributed by atoms with van der Waals surface area (Å²) in [6.45, 7) is 4.35. The van der Waals surface area contributed by atoms with Gasteiger partial charge in [-0.05, 0) is 121 Å². The van der Waals surface area contributed by atoms with Crippen LogP contribution < -0.4 is 26.2 Å². The second-order valence-corrected chi connectivity index (χ2v) is 17.3. The minimum atomic E-state index is -0.0678. The molecule has 0 atom stereocenters. The zero-order chi connectivity index (χ0) is 40.8. The smallest absolute Gasteiger partial charge is 0.257 e. The third-order valence-electron chi connectivity index (χ3n) is 13.9. The first-order chi connectivity index (χ1) is 30.6. The van der Waals surface area contributed by atoms with Gasteiger partial charge in [0.2, 0.25) is 5.88 Å². The van der Waals surface area contributed by atoms with Crippen molar-refractivity contribution in [1.29, 1.82) is 0 Å². The third kappa shape index (κ3) is 4.40. The van der Waals surface area contributed by atoms with Crippen molar-refractivity contribution in [2.45, 2.75) is 13.8 Å². The van der Waals surface area contributed by atoms with E-state index in [0.29, 0.717) is 0 Å². The van der Waals surface area contributed by atoms with E-state index in [1.54, 1.807) is 0 Å². The molecule has 12 aromatic rings. The lowest BCUT2D eigenvalue weighted by molar-refractivity contribution is 0.623. The summed E-state index contributed by atoms with van der Waals surface area (Å²) in [6, 6.07) is 69.9. The van der Waals surface area contributed by atoms with Gasteiger partial charge in [0.05, 0.1) is 11.4 Å². The Hall–Kier alpha value is -7.82. The number of hydrogen-bond acceptors (Lipinski definition) is 3. The lowest BCUT2D eigenvalue weighted by atomic mass is 9.33. The van der Waals surface area contributed by atoms with Crippen LogP contribution in [0.15, 0.2) is 192 Å². The van der Waals surface area contributed by atoms with E-state index < -0.39 is 0 Å². The lowest BCUT2D eigenvalue weighted by Crippen LogP contribution is -2.61. The fraction of sp³-hybridized carbons (Fsp3) is 0.0345. The Morgan fingerprint density at radius 3 is 1.32 bits per heavy atom. The maximum atomic E-state index is 7.23. The highest BCUT2D eigenvalue weighted by atomic mass is 16.4. The van der Waals surface area contributed by atoms with Crippen LogP contribution in [-0.2, 0) is 0 Å². The number of rotatable bonds is 2. The summed E-state index contributed by atoms with van der Waals surface area (Å²) in [5.41, 5.74) is 12.9. The number of fused-ring (bicyclic) bond motifs is 18. The summed E-state index contributed by atoms with van der Waals surface area (Å²) in [5, 5.41) is 16.2. The summed E-state index contributed by atoms with van der Waals surface area (Å²) in [7, 11) is 0. The van der Waals surface area contributed by atoms with Crippen LogP contribution in [0.1, 0.15) is 11.1 Å². The van der Waals surface area contributed by atoms with Crippen LogP contribution in [0.3, 0.4) is 0 Å². The second kappa shape index (κ2) is 12.4. The molecule has 4 heteroatoms. The number of aryl methyl sites for hydroxylation is 2. The van der Waals surface area contributed by atoms with Gasteiger partial charge in [-0.3, -0.25) is 4.90 Å². The molecule has 0 saturated heterocycles. The number of nitrogens with zero attached hydrogens (tertiary/aromatic N) is 2. The second-order valence-electron chi connectivity index (χ2n) is 17.3. The molecule has 0 bridgehead atoms. The zero-order valence-electron chi connectivity index (χ0n) is 34.3. The van der Waals surface area contributed by atoms with Gasteiger partial charge < -0.3 is 9.32 Å². The van der Waals surface area contributed by atoms with E-state index in [2.05, 4.69) is 212 Å². The number of furan rings is 1. The molecule has 0 aliphatic carbocycles. The average molecular weight is 789 g/mol. The van der Waals surface area contributed by atoms with Crippen molar-refractivity contribution in [1.82, 2.24) is 0 Å². The topological polar surface area (TPSA) is 19.6 Å². The summed E-state index contributed by atoms with van der Waals surface area (Å²) in [4.78, 5) is 5.02. The van der Waals surface area contributed by atoms with Crippen LogP contribution in [-0.4, -0.2) is 6.71 Å². The quantitative estimate of drug-likeness (QED) is 0.128. The molecule has 14 rings (SSSR count). The first-order valence-corrected chi connectivity index (χ1v) is 21.6. The highest BCUT2D eigenvalue weighted by molar-refractivity contribution is 7.01. The highest BCUT2D eigenvalue weighted by Gasteiger charge is 2.46. The van der Waals surface area contributed by atoms with E-state index in [0.717, 1.165) is 28.2 Å². The molecular formula is C58H37BN2O. The van der Waals surface area contributed by atoms with E-state index in [1.807, 2.05) is 0 Å². The van der Waals surface area contributed by atoms with Gasteiger partial charge in [-0.1, -0.05) is 157 Å². The van der Waals surface area contributed by atoms with Crippen LogP contribution in [0.4, 0.5) is 34.3 Å². The molecule has 0 saturated carbocycles. The van der Waals surface area contributed by atoms with Crippen LogP contribution in [0, 0.1) is 13.8 Å². The SMILES string of the molecule is Cc1ccc2c(c1)B1c3c(cccc3N(c3cccc4c5ccccc5c5ccccc5c34)c3oc4ccc(C)cc4c31)N2c1cccc2c3ccccc3c3ccccc3c12. The first kappa shape index (κ1) is 34.0. The van der Waals surface area contributed by atoms with Gasteiger partial charge in [-0.25, -0.2) is 0 Å². The Morgan fingerprint density at radius 1 is 0.339 bits per heavy atom. The molecule has 0 radical (unpaired) electrons. The molecule has 0 spiro atoms. The third-order valence-corrected chi connectivity index (χ3v) is 13.9. The minimum Gasteiger partial charge on any atom is -0.440 e. The Bertz CT molecular complexity index is 3850. The number of hydrogen-bond donors (Lipinski definition) is 0. The summed E-state index contributed by atoms with van der Waals surface area (Å²) in [6.07, 6.45) is 0. The van der Waals surface area contributed by atoms with Crippen molar-refractivity contribution < 1.29 is 4.42 Å². The van der Waals surface area contributed by atoms with Crippen LogP contribution >= 0.6 is 0 Å². The fourth-order valence-corrected chi connectivity index (χ4v) is 11.4. The lowest BCUT2D eigenvalue weighted by Gasteiger charge is -2.43. The number of benzene rings is 11. The molecule has 1 aromatic heterocycles. The monoisotopic (exact) mass is 788 g/mol. The molecule has 0 unspecified atom stereocenters. The van der Waals surface area contributed by atoms with Gasteiger partial charge in [-0.15, -0.1) is 0 Å². The van der Waals surface area contributed by atoms with Crippen molar-refractivity contribution in [3.63, 3.8) is 0 Å². The minimum absolute atomic E-state index is 0.0678. The van der Waals surface area contributed by atoms with Crippen molar-refractivity contribution in [2.75, 3.05) is 9.80 Å². The highest BCUT2D eigenvalue weighted by Crippen LogP contribution is 2.51. The largest absolute Gasteiger partial charge is 0.440 e. The predicted molar refractivity (Wildman–Crippen MR) is 265 cm³/mol. The fourth-order valence-electron chi connectivity index (χ4n) is 11.4. The van der Waals surface area contributed by atoms with Gasteiger partial charge in [0.1, 0.15) is 5.58 Å². The molecule has 0 N–H and O–H groups in total. The van der Waals surface area contributed by atoms with Crippen LogP contribution in [0.25, 0.3) is 75.6 Å². The molecule has 3 nitrogen and oxygen atoms in total. The summed E-state index contributed by atoms with van der Waals surface area (Å²) >= 11 is 0. The van der Waals surface area contributed by atoms with E-state index in [-0.39, 0.29) is 6.71 Å². The molecule has 62 heavy (non-hydrogen) atoms. The molecule has 2 aliphatic rings. The Morgan fingerprint density at radius 2 is 0.758 bits per heavy atom. The van der Waals surface area contributed by atoms with E-state index >= 15 is 0 Å². The number of anilines is 6. The van der Waals surface area contributed by atoms with Gasteiger partial charge in [0, 0.05) is 38.7 Å². The zero-order valence-corrected chi connectivity index (χ0v) is 34.3. The van der Waals surface area contributed by atoms with Crippen molar-refractivity contribution in [3.8, 4) is 0 Å². The molecule has 0 amide bonds. The van der Waals surface area contributed by atoms with Crippen molar-refractivity contribution in [3.05, 3.63) is 199 Å². The molecule has 0 fully saturated rings. The van der Waals surface area contributed by atoms with Crippen molar-refractivity contribution >= 4 is 133 Å². The van der Waals surface area contributed by atoms with Gasteiger partial charge in [0.25, 0.3) is 6.71 Å². The molecule has 2 aliphatic heterocycles. The molecule has 288 valence electrons. The van der Waals surface area contributed by atoms with E-state index in [1.165, 1.54) is 109 Å². The maximum Gasteiger partial charge on any atom is 0.257 e. The van der Waals surface area contributed by atoms with Gasteiger partial charge >= 0.3 is 0 Å². The van der Waals surface area contributed by atoms with Crippen molar-refractivity contribution in [2.24, 2.45) is 0 Å². The summed E-state index contributed by atoms with van der Waals surface area (Å²) in [5.74, 6) is 0.883. The maximum absolute atomic E-state index is 7.23. The average Bonchev–Trinajstić information content (AvgIpc) is 3.69. The van der Waals surface area contributed by atoms with E-state index in [9.17, 15) is 0 Å². The van der Waals surface area contributed by atoms with Crippen LogP contribution in [0.5, 0.6) is 0 Å². The Kier molecular flexibility index (Phi) is 6.78. The standard InChI is InChI=1S/C58H37BN2O/c1-34-29-31-53-46(32-34)56-58(62-53)61(50-25-12-23-45-41-17-6-4-15-37(41)39-19-8-10-21-43(39)55(45)50)52-27-13-26-51-57(52)59(56)47-33-35(2)28-30-48(47)60(51)49-24-11-22-44-40-16-5-3-14-36(40)38-18-7-9-20-42(38)54(44)49/h3-33H,1-2H3. The van der Waals surface area contributed by atoms with Gasteiger partial charge in [-0.2, -0.15) is 0 Å². The molecular weight excluding hydrogens is 751 g/mol. The van der Waals surface area contributed by atoms with Gasteiger partial charge in [0.15, 0.2) is 0 Å².